The Bertz CT molecular complexity index is 854. The molecule has 0 bridgehead atoms. The summed E-state index contributed by atoms with van der Waals surface area (Å²) in [6.45, 7) is 0. The van der Waals surface area contributed by atoms with Crippen molar-refractivity contribution in [1.82, 2.24) is 10.1 Å². The van der Waals surface area contributed by atoms with Crippen molar-refractivity contribution in [1.29, 1.82) is 0 Å². The number of aromatic nitrogens is 2. The van der Waals surface area contributed by atoms with Crippen molar-refractivity contribution in [2.45, 2.75) is 11.5 Å². The van der Waals surface area contributed by atoms with Gasteiger partial charge in [-0.25, -0.2) is 0 Å². The highest BCUT2D eigenvalue weighted by molar-refractivity contribution is 7.97. The number of ether oxygens (including phenoxy) is 2. The molecule has 0 saturated carbocycles. The number of hydrogen-bond donors (Lipinski definition) is 0. The molecule has 2 aromatic carbocycles. The molecule has 25 heavy (non-hydrogen) atoms. The minimum atomic E-state index is 0.522. The van der Waals surface area contributed by atoms with Crippen molar-refractivity contribution in [2.24, 2.45) is 0 Å². The molecule has 0 N–H and O–H groups in total. The summed E-state index contributed by atoms with van der Waals surface area (Å²) in [6.07, 6.45) is 0. The monoisotopic (exact) mass is 376 g/mol. The van der Waals surface area contributed by atoms with Gasteiger partial charge >= 0.3 is 0 Å². The number of halogens is 1. The van der Waals surface area contributed by atoms with Crippen molar-refractivity contribution in [3.05, 3.63) is 58.9 Å². The fraction of sp³-hybridized carbons (Fsp3) is 0.222. The summed E-state index contributed by atoms with van der Waals surface area (Å²) in [5.41, 5.74) is 1.90. The molecule has 130 valence electrons. The Labute approximate surface area is 155 Å². The van der Waals surface area contributed by atoms with E-state index in [4.69, 9.17) is 25.6 Å². The van der Waals surface area contributed by atoms with Crippen LogP contribution in [0.4, 0.5) is 0 Å². The minimum Gasteiger partial charge on any atom is -0.493 e. The molecule has 0 saturated heterocycles. The number of nitrogens with zero attached hydrogens (tertiary/aromatic N) is 2. The van der Waals surface area contributed by atoms with E-state index in [2.05, 4.69) is 10.1 Å². The average molecular weight is 377 g/mol. The third-order valence-corrected chi connectivity index (χ3v) is 4.89. The fourth-order valence-electron chi connectivity index (χ4n) is 2.27. The van der Waals surface area contributed by atoms with Gasteiger partial charge in [0.15, 0.2) is 11.5 Å². The van der Waals surface area contributed by atoms with E-state index in [1.807, 2.05) is 42.5 Å². The third kappa shape index (κ3) is 4.27. The van der Waals surface area contributed by atoms with Crippen LogP contribution in [0.15, 0.2) is 47.0 Å². The van der Waals surface area contributed by atoms with Gasteiger partial charge in [0.05, 0.1) is 20.0 Å². The van der Waals surface area contributed by atoms with Crippen LogP contribution in [0.2, 0.25) is 5.02 Å². The average Bonchev–Trinajstić information content (AvgIpc) is 3.11. The molecule has 0 unspecified atom stereocenters. The van der Waals surface area contributed by atoms with Crippen molar-refractivity contribution in [3.8, 4) is 22.9 Å². The van der Waals surface area contributed by atoms with E-state index in [-0.39, 0.29) is 0 Å². The summed E-state index contributed by atoms with van der Waals surface area (Å²) >= 11 is 7.83. The molecule has 0 aliphatic rings. The van der Waals surface area contributed by atoms with Gasteiger partial charge in [0, 0.05) is 16.3 Å². The molecule has 5 nitrogen and oxygen atoms in total. The topological polar surface area (TPSA) is 57.4 Å². The van der Waals surface area contributed by atoms with Gasteiger partial charge in [-0.1, -0.05) is 35.0 Å². The maximum Gasteiger partial charge on any atom is 0.236 e. The van der Waals surface area contributed by atoms with Gasteiger partial charge in [-0.2, -0.15) is 4.98 Å². The van der Waals surface area contributed by atoms with Crippen molar-refractivity contribution < 1.29 is 14.0 Å². The fourth-order valence-corrected chi connectivity index (χ4v) is 3.42. The third-order valence-electron chi connectivity index (χ3n) is 3.55. The molecular formula is C18H17ClN2O3S. The Morgan fingerprint density at radius 3 is 2.60 bits per heavy atom. The van der Waals surface area contributed by atoms with Gasteiger partial charge in [-0.3, -0.25) is 0 Å². The van der Waals surface area contributed by atoms with Crippen LogP contribution in [0.25, 0.3) is 11.4 Å². The number of benzene rings is 2. The number of methoxy groups -OCH3 is 2. The Hall–Kier alpha value is -2.18. The minimum absolute atomic E-state index is 0.522. The quantitative estimate of drug-likeness (QED) is 0.588. The standard InChI is InChI=1S/C18H17ClN2O3S/c1-22-15-8-7-12(9-16(15)23-2)18-20-17(24-21-18)11-25-10-13-5-3-4-6-14(13)19/h3-9H,10-11H2,1-2H3. The van der Waals surface area contributed by atoms with Crippen LogP contribution >= 0.6 is 23.4 Å². The van der Waals surface area contributed by atoms with Crippen molar-refractivity contribution in [3.63, 3.8) is 0 Å². The van der Waals surface area contributed by atoms with Crippen molar-refractivity contribution in [2.75, 3.05) is 14.2 Å². The number of rotatable bonds is 7. The summed E-state index contributed by atoms with van der Waals surface area (Å²) in [5.74, 6) is 3.78. The zero-order valence-corrected chi connectivity index (χ0v) is 15.4. The molecular weight excluding hydrogens is 360 g/mol. The Kier molecular flexibility index (Phi) is 5.83. The first-order valence-corrected chi connectivity index (χ1v) is 9.10. The van der Waals surface area contributed by atoms with Crippen LogP contribution in [0.5, 0.6) is 11.5 Å². The van der Waals surface area contributed by atoms with Gasteiger partial charge in [-0.15, -0.1) is 11.8 Å². The summed E-state index contributed by atoms with van der Waals surface area (Å²) in [6, 6.07) is 13.3. The lowest BCUT2D eigenvalue weighted by Crippen LogP contribution is -1.91. The highest BCUT2D eigenvalue weighted by atomic mass is 35.5. The maximum atomic E-state index is 6.16. The van der Waals surface area contributed by atoms with E-state index in [9.17, 15) is 0 Å². The molecule has 1 aromatic heterocycles. The van der Waals surface area contributed by atoms with E-state index in [1.54, 1.807) is 26.0 Å². The second-order valence-corrected chi connectivity index (χ2v) is 6.56. The van der Waals surface area contributed by atoms with Gasteiger partial charge in [-0.05, 0) is 29.8 Å². The van der Waals surface area contributed by atoms with Crippen LogP contribution in [0.3, 0.4) is 0 Å². The van der Waals surface area contributed by atoms with Crippen LogP contribution < -0.4 is 9.47 Å². The second-order valence-electron chi connectivity index (χ2n) is 5.17. The molecule has 0 radical (unpaired) electrons. The molecule has 0 amide bonds. The largest absolute Gasteiger partial charge is 0.493 e. The van der Waals surface area contributed by atoms with E-state index < -0.39 is 0 Å². The first kappa shape index (κ1) is 17.6. The molecule has 0 atom stereocenters. The highest BCUT2D eigenvalue weighted by Gasteiger charge is 2.12. The SMILES string of the molecule is COc1ccc(-c2noc(CSCc3ccccc3Cl)n2)cc1OC. The second kappa shape index (κ2) is 8.27. The molecule has 3 aromatic rings. The van der Waals surface area contributed by atoms with Crippen LogP contribution in [-0.2, 0) is 11.5 Å². The zero-order valence-electron chi connectivity index (χ0n) is 13.9. The molecule has 0 aliphatic heterocycles. The molecule has 7 heteroatoms. The summed E-state index contributed by atoms with van der Waals surface area (Å²) in [5, 5.41) is 4.81. The van der Waals surface area contributed by atoms with E-state index in [0.717, 1.165) is 21.9 Å². The lowest BCUT2D eigenvalue weighted by atomic mass is 10.2. The summed E-state index contributed by atoms with van der Waals surface area (Å²) in [7, 11) is 3.19. The lowest BCUT2D eigenvalue weighted by Gasteiger charge is -2.07. The Morgan fingerprint density at radius 1 is 1.04 bits per heavy atom. The lowest BCUT2D eigenvalue weighted by molar-refractivity contribution is 0.355. The first-order chi connectivity index (χ1) is 12.2. The van der Waals surface area contributed by atoms with E-state index in [0.29, 0.717) is 29.0 Å². The van der Waals surface area contributed by atoms with Gasteiger partial charge in [0.2, 0.25) is 11.7 Å². The van der Waals surface area contributed by atoms with Crippen LogP contribution in [-0.4, -0.2) is 24.4 Å². The molecule has 0 fully saturated rings. The van der Waals surface area contributed by atoms with Gasteiger partial charge < -0.3 is 14.0 Å². The molecule has 0 spiro atoms. The van der Waals surface area contributed by atoms with Gasteiger partial charge in [0.1, 0.15) is 0 Å². The van der Waals surface area contributed by atoms with Crippen LogP contribution in [0.1, 0.15) is 11.5 Å². The summed E-state index contributed by atoms with van der Waals surface area (Å²) in [4.78, 5) is 4.44. The highest BCUT2D eigenvalue weighted by Crippen LogP contribution is 2.31. The van der Waals surface area contributed by atoms with Gasteiger partial charge in [0.25, 0.3) is 0 Å². The number of hydrogen-bond acceptors (Lipinski definition) is 6. The van der Waals surface area contributed by atoms with E-state index >= 15 is 0 Å². The van der Waals surface area contributed by atoms with E-state index in [1.165, 1.54) is 0 Å². The number of thioether (sulfide) groups is 1. The normalized spacial score (nSPS) is 10.7. The molecule has 3 rings (SSSR count). The predicted octanol–water partition coefficient (Wildman–Crippen LogP) is 4.84. The first-order valence-electron chi connectivity index (χ1n) is 7.57. The molecule has 1 heterocycles. The molecule has 0 aliphatic carbocycles. The smallest absolute Gasteiger partial charge is 0.236 e. The predicted molar refractivity (Wildman–Crippen MR) is 99.3 cm³/mol. The van der Waals surface area contributed by atoms with Crippen molar-refractivity contribution >= 4 is 23.4 Å². The zero-order chi connectivity index (χ0) is 17.6. The van der Waals surface area contributed by atoms with Crippen LogP contribution in [0, 0.1) is 0 Å². The maximum absolute atomic E-state index is 6.16. The Balaban J connectivity index is 1.65. The summed E-state index contributed by atoms with van der Waals surface area (Å²) < 4.78 is 15.9. The Morgan fingerprint density at radius 2 is 1.84 bits per heavy atom.